The number of benzene rings is 1. The van der Waals surface area contributed by atoms with E-state index < -0.39 is 7.26 Å². The van der Waals surface area contributed by atoms with Gasteiger partial charge in [-0.2, -0.15) is 0 Å². The van der Waals surface area contributed by atoms with Crippen LogP contribution in [0.1, 0.15) is 129 Å². The summed E-state index contributed by atoms with van der Waals surface area (Å²) < 4.78 is 5.83. The molecule has 0 aliphatic rings. The Hall–Kier alpha value is -0.880. The molecule has 1 aromatic rings. The van der Waals surface area contributed by atoms with Crippen molar-refractivity contribution in [2.45, 2.75) is 130 Å². The van der Waals surface area contributed by atoms with E-state index in [1.807, 2.05) is 0 Å². The van der Waals surface area contributed by atoms with Crippen molar-refractivity contribution in [2.75, 3.05) is 31.3 Å². The molecule has 0 bridgehead atoms. The first-order valence-corrected chi connectivity index (χ1v) is 17.7. The van der Waals surface area contributed by atoms with Crippen molar-refractivity contribution in [2.24, 2.45) is 0 Å². The van der Waals surface area contributed by atoms with E-state index in [2.05, 4.69) is 51.1 Å². The van der Waals surface area contributed by atoms with Crippen molar-refractivity contribution in [3.63, 3.8) is 0 Å². The van der Waals surface area contributed by atoms with Gasteiger partial charge in [-0.15, -0.1) is 0 Å². The van der Waals surface area contributed by atoms with Crippen LogP contribution in [0.3, 0.4) is 0 Å². The highest BCUT2D eigenvalue weighted by atomic mass is 31.2. The fourth-order valence-corrected chi connectivity index (χ4v) is 9.60. The maximum atomic E-state index is 13.0. The average Bonchev–Trinajstić information content (AvgIpc) is 2.87. The molecular formula is C32H58O2P+. The van der Waals surface area contributed by atoms with Crippen molar-refractivity contribution in [3.05, 3.63) is 35.9 Å². The Morgan fingerprint density at radius 1 is 0.629 bits per heavy atom. The van der Waals surface area contributed by atoms with Crippen LogP contribution in [0.15, 0.2) is 30.3 Å². The van der Waals surface area contributed by atoms with Crippen LogP contribution in [0, 0.1) is 0 Å². The fraction of sp³-hybridized carbons (Fsp3) is 0.781. The highest BCUT2D eigenvalue weighted by Gasteiger charge is 2.38. The molecule has 0 spiro atoms. The largest absolute Gasteiger partial charge is 0.463 e. The quantitative estimate of drug-likeness (QED) is 0.0793. The Balaban J connectivity index is 2.48. The van der Waals surface area contributed by atoms with Crippen molar-refractivity contribution in [1.82, 2.24) is 0 Å². The van der Waals surface area contributed by atoms with E-state index in [0.717, 1.165) is 25.4 Å². The van der Waals surface area contributed by atoms with Crippen LogP contribution in [0.2, 0.25) is 0 Å². The third-order valence-corrected chi connectivity index (χ3v) is 12.1. The van der Waals surface area contributed by atoms with Gasteiger partial charge in [0.25, 0.3) is 0 Å². The van der Waals surface area contributed by atoms with Crippen molar-refractivity contribution < 1.29 is 9.53 Å². The normalized spacial score (nSPS) is 11.6. The molecule has 1 aromatic carbocycles. The van der Waals surface area contributed by atoms with Crippen LogP contribution >= 0.6 is 7.26 Å². The molecular weight excluding hydrogens is 447 g/mol. The molecule has 1 rings (SSSR count). The number of carbonyl (C=O) groups excluding carboxylic acids is 1. The number of ether oxygens (including phenoxy) is 1. The summed E-state index contributed by atoms with van der Waals surface area (Å²) in [6.07, 6.45) is 26.3. The lowest BCUT2D eigenvalue weighted by molar-refractivity contribution is -0.140. The predicted molar refractivity (Wildman–Crippen MR) is 158 cm³/mol. The molecule has 202 valence electrons. The van der Waals surface area contributed by atoms with Gasteiger partial charge < -0.3 is 4.74 Å². The zero-order valence-corrected chi connectivity index (χ0v) is 24.6. The lowest BCUT2D eigenvalue weighted by Gasteiger charge is -2.27. The van der Waals surface area contributed by atoms with Gasteiger partial charge in [0.2, 0.25) is 0 Å². The number of esters is 1. The first-order chi connectivity index (χ1) is 17.2. The molecule has 0 heterocycles. The Morgan fingerprint density at radius 3 is 1.63 bits per heavy atom. The van der Waals surface area contributed by atoms with Gasteiger partial charge in [-0.1, -0.05) is 102 Å². The number of aryl methyl sites for hydroxylation is 1. The van der Waals surface area contributed by atoms with Gasteiger partial charge >= 0.3 is 5.97 Å². The number of rotatable bonds is 24. The predicted octanol–water partition coefficient (Wildman–Crippen LogP) is 10.1. The average molecular weight is 506 g/mol. The molecule has 0 fully saturated rings. The van der Waals surface area contributed by atoms with Crippen LogP contribution in [-0.2, 0) is 16.0 Å². The number of hydrogen-bond donors (Lipinski definition) is 0. The highest BCUT2D eigenvalue weighted by molar-refractivity contribution is 7.76. The number of unbranched alkanes of at least 4 members (excludes halogenated alkanes) is 12. The monoisotopic (exact) mass is 505 g/mol. The van der Waals surface area contributed by atoms with Crippen molar-refractivity contribution in [3.8, 4) is 0 Å². The Bertz CT molecular complexity index is 570. The second-order valence-electron chi connectivity index (χ2n) is 10.7. The van der Waals surface area contributed by atoms with E-state index in [1.165, 1.54) is 114 Å². The van der Waals surface area contributed by atoms with Gasteiger partial charge in [-0.3, -0.25) is 0 Å². The van der Waals surface area contributed by atoms with Gasteiger partial charge in [0.05, 0.1) is 25.1 Å². The third-order valence-electron chi connectivity index (χ3n) is 7.39. The standard InChI is InChI=1S/C32H58O2P/c1-4-7-10-20-27-35(28-21-11-8-5-2,29-22-12-9-6-3)30-32(33)34-26-19-14-13-16-23-31-24-17-15-18-25-31/h15,17-18,24-25H,4-14,16,19-23,26-30H2,1-3H3/q+1. The summed E-state index contributed by atoms with van der Waals surface area (Å²) in [4.78, 5) is 13.0. The van der Waals surface area contributed by atoms with E-state index in [-0.39, 0.29) is 5.97 Å². The smallest absolute Gasteiger partial charge is 0.343 e. The van der Waals surface area contributed by atoms with Gasteiger partial charge in [-0.25, -0.2) is 4.79 Å². The molecule has 0 saturated carbocycles. The summed E-state index contributed by atoms with van der Waals surface area (Å²) in [6.45, 7) is 7.48. The third kappa shape index (κ3) is 17.3. The highest BCUT2D eigenvalue weighted by Crippen LogP contribution is 2.61. The molecule has 0 aromatic heterocycles. The Kier molecular flexibility index (Phi) is 20.5. The summed E-state index contributed by atoms with van der Waals surface area (Å²) in [7, 11) is -1.25. The Labute approximate surface area is 219 Å². The maximum absolute atomic E-state index is 13.0. The molecule has 0 radical (unpaired) electrons. The fourth-order valence-electron chi connectivity index (χ4n) is 5.13. The van der Waals surface area contributed by atoms with E-state index in [9.17, 15) is 4.79 Å². The number of hydrogen-bond acceptors (Lipinski definition) is 2. The second-order valence-corrected chi connectivity index (χ2v) is 15.1. The molecule has 0 saturated heterocycles. The summed E-state index contributed by atoms with van der Waals surface area (Å²) in [6, 6.07) is 10.7. The van der Waals surface area contributed by atoms with Crippen LogP contribution in [0.4, 0.5) is 0 Å². The first-order valence-electron chi connectivity index (χ1n) is 15.2. The van der Waals surface area contributed by atoms with E-state index in [0.29, 0.717) is 6.61 Å². The minimum absolute atomic E-state index is 0.115. The van der Waals surface area contributed by atoms with Gasteiger partial charge in [0.1, 0.15) is 0 Å². The van der Waals surface area contributed by atoms with Gasteiger partial charge in [-0.05, 0) is 63.4 Å². The molecule has 0 aliphatic carbocycles. The summed E-state index contributed by atoms with van der Waals surface area (Å²) >= 11 is 0. The van der Waals surface area contributed by atoms with Gasteiger partial charge in [0, 0.05) is 7.26 Å². The molecule has 3 heteroatoms. The molecule has 0 aliphatic heterocycles. The van der Waals surface area contributed by atoms with Crippen LogP contribution in [0.5, 0.6) is 0 Å². The van der Waals surface area contributed by atoms with Crippen molar-refractivity contribution in [1.29, 1.82) is 0 Å². The molecule has 0 unspecified atom stereocenters. The molecule has 0 atom stereocenters. The lowest BCUT2D eigenvalue weighted by atomic mass is 10.1. The zero-order chi connectivity index (χ0) is 25.5. The van der Waals surface area contributed by atoms with Crippen LogP contribution < -0.4 is 0 Å². The van der Waals surface area contributed by atoms with Crippen LogP contribution in [0.25, 0.3) is 0 Å². The van der Waals surface area contributed by atoms with Gasteiger partial charge in [0.15, 0.2) is 6.16 Å². The summed E-state index contributed by atoms with van der Waals surface area (Å²) in [5.41, 5.74) is 1.43. The maximum Gasteiger partial charge on any atom is 0.343 e. The number of carbonyl (C=O) groups is 1. The molecule has 0 amide bonds. The molecule has 2 nitrogen and oxygen atoms in total. The van der Waals surface area contributed by atoms with E-state index in [4.69, 9.17) is 4.74 Å². The molecule has 35 heavy (non-hydrogen) atoms. The first kappa shape index (κ1) is 32.1. The Morgan fingerprint density at radius 2 is 1.11 bits per heavy atom. The molecule has 0 N–H and O–H groups in total. The van der Waals surface area contributed by atoms with Crippen LogP contribution in [-0.4, -0.2) is 37.2 Å². The van der Waals surface area contributed by atoms with E-state index >= 15 is 0 Å². The second kappa shape index (κ2) is 22.3. The van der Waals surface area contributed by atoms with E-state index in [1.54, 1.807) is 0 Å². The summed E-state index contributed by atoms with van der Waals surface area (Å²) in [5.74, 6) is 0.115. The van der Waals surface area contributed by atoms with Crippen molar-refractivity contribution >= 4 is 13.2 Å². The lowest BCUT2D eigenvalue weighted by Crippen LogP contribution is -2.21. The SMILES string of the molecule is CCCCCC[P+](CCCCCC)(CCCCCC)CC(=O)OCCCCCCc1ccccc1. The minimum Gasteiger partial charge on any atom is -0.463 e. The topological polar surface area (TPSA) is 26.3 Å². The summed E-state index contributed by atoms with van der Waals surface area (Å²) in [5, 5.41) is 0. The zero-order valence-electron chi connectivity index (χ0n) is 23.7. The minimum atomic E-state index is -1.25.